The maximum atomic E-state index is 6.00. The average Bonchev–Trinajstić information content (AvgIpc) is 0.859. The maximum absolute atomic E-state index is 6.00. The van der Waals surface area contributed by atoms with Crippen molar-refractivity contribution in [3.8, 4) is 0 Å². The van der Waals surface area contributed by atoms with E-state index in [-0.39, 0.29) is 86.0 Å². The minimum absolute atomic E-state index is 0. The van der Waals surface area contributed by atoms with E-state index >= 15 is 0 Å². The quantitative estimate of drug-likeness (QED) is 0.0175. The Balaban J connectivity index is -0.000000197. The molecule has 0 saturated carbocycles. The summed E-state index contributed by atoms with van der Waals surface area (Å²) < 4.78 is 14.5. The van der Waals surface area contributed by atoms with Gasteiger partial charge in [-0.05, 0) is 332 Å². The van der Waals surface area contributed by atoms with Gasteiger partial charge in [-0.1, -0.05) is 282 Å². The second-order valence-electron chi connectivity index (χ2n) is 38.8. The molecule has 0 atom stereocenters. The number of nitrogens with two attached hydrogens (primary N) is 2. The molecule has 0 bridgehead atoms. The Morgan fingerprint density at radius 2 is 0.312 bits per heavy atom. The summed E-state index contributed by atoms with van der Waals surface area (Å²) in [4.78, 5) is 0. The van der Waals surface area contributed by atoms with Crippen LogP contribution in [0.25, 0.3) is 41.4 Å². The van der Waals surface area contributed by atoms with E-state index in [0.717, 1.165) is 51.0 Å². The summed E-state index contributed by atoms with van der Waals surface area (Å²) >= 11 is 0. The van der Waals surface area contributed by atoms with Gasteiger partial charge >= 0.3 is 86.0 Å². The van der Waals surface area contributed by atoms with E-state index in [1.807, 2.05) is 102 Å². The zero-order valence-electron chi connectivity index (χ0n) is 97.3. The van der Waals surface area contributed by atoms with Crippen LogP contribution in [0.15, 0.2) is 133 Å². The van der Waals surface area contributed by atoms with E-state index in [0.29, 0.717) is 67.9 Å². The Labute approximate surface area is 933 Å². The zero-order valence-corrected chi connectivity index (χ0v) is 110. The predicted octanol–water partition coefficient (Wildman–Crippen LogP) is 39.7. The Kier molecular flexibility index (Phi) is 97.7. The molecule has 0 aromatic heterocycles. The van der Waals surface area contributed by atoms with Crippen LogP contribution >= 0.6 is 48.4 Å². The first-order valence-electron chi connectivity index (χ1n) is 50.1. The summed E-state index contributed by atoms with van der Waals surface area (Å²) in [5.74, 6) is 9.95. The van der Waals surface area contributed by atoms with Crippen molar-refractivity contribution in [2.45, 2.75) is 400 Å². The van der Waals surface area contributed by atoms with Crippen LogP contribution in [0.4, 0.5) is 45.5 Å². The fraction of sp³-hybridized carbons (Fsp3) is 0.579. The summed E-state index contributed by atoms with van der Waals surface area (Å²) in [6.07, 6.45) is 0. The summed E-state index contributed by atoms with van der Waals surface area (Å²) in [7, 11) is -3.98. The molecular weight excluding hydrogens is 2100 g/mol. The van der Waals surface area contributed by atoms with Crippen LogP contribution in [0, 0.1) is 146 Å². The number of benzene rings is 8. The van der Waals surface area contributed by atoms with Crippen LogP contribution in [0.5, 0.6) is 0 Å². The molecule has 8 rings (SSSR count). The van der Waals surface area contributed by atoms with Crippen molar-refractivity contribution in [1.82, 2.24) is 0 Å². The molecule has 0 spiro atoms. The van der Waals surface area contributed by atoms with Gasteiger partial charge in [-0.2, -0.15) is 0 Å². The molecule has 0 saturated heterocycles. The third-order valence-corrected chi connectivity index (χ3v) is 38.5. The van der Waals surface area contributed by atoms with Gasteiger partial charge in [0.15, 0.2) is 0 Å². The van der Waals surface area contributed by atoms with Gasteiger partial charge in [-0.25, -0.2) is 0 Å². The molecule has 27 heteroatoms. The van der Waals surface area contributed by atoms with Gasteiger partial charge in [0, 0.05) is 61.2 Å². The molecule has 792 valence electrons. The molecule has 0 heterocycles. The fourth-order valence-corrected chi connectivity index (χ4v) is 30.8. The topological polar surface area (TPSA) is 288 Å². The van der Waals surface area contributed by atoms with Crippen LogP contribution in [-0.2, 0) is 100 Å². The minimum Gasteiger partial charge on any atom is -0.625 e. The number of rotatable bonds is 32. The summed E-state index contributed by atoms with van der Waals surface area (Å²) in [6.45, 7) is 111. The van der Waals surface area contributed by atoms with Gasteiger partial charge < -0.3 is 67.3 Å². The van der Waals surface area contributed by atoms with Crippen molar-refractivity contribution < 1.29 is 100 Å². The smallest absolute Gasteiger partial charge is 0.625 e. The van der Waals surface area contributed by atoms with Crippen molar-refractivity contribution >= 4 is 93.9 Å². The number of nitrogens with zero attached hydrogens (tertiary/aromatic N) is 12. The molecule has 8 aromatic rings. The molecule has 4 N–H and O–H groups in total. The standard InChI is InChI=1S/6C15H26NP.2C6H7N2.3C4H10O.2Co.2N2.2Zr/c6*1-10(2)17(11(3)4)16-15-13(6)8-12(5)9-14(15)7;2*7-8-6-4-2-1-3-5-6;3*1-3-5-4-2;;;2*1-2;;/h6*8-11,17H,1-7H3;2*1-5H,7H2;3*3-4H2,1-2H3;;;;;;/q;;;;;;2*-1;;;;2*+2;;;2*+3. The molecular formula is C114H200Co2N14O3P6Zr2+8. The zero-order chi connectivity index (χ0) is 107. The van der Waals surface area contributed by atoms with E-state index in [1.165, 1.54) is 134 Å². The second kappa shape index (κ2) is 89.0. The van der Waals surface area contributed by atoms with Gasteiger partial charge in [0.25, 0.3) is 0 Å². The minimum atomic E-state index is -0.663. The van der Waals surface area contributed by atoms with Gasteiger partial charge in [0.2, 0.25) is 0 Å². The van der Waals surface area contributed by atoms with E-state index in [1.54, 1.807) is 0 Å². The first kappa shape index (κ1) is 155. The van der Waals surface area contributed by atoms with Crippen molar-refractivity contribution in [3.05, 3.63) is 275 Å². The molecule has 141 heavy (non-hydrogen) atoms. The van der Waals surface area contributed by atoms with Crippen LogP contribution in [0.1, 0.15) is 308 Å². The Morgan fingerprint density at radius 3 is 0.376 bits per heavy atom. The summed E-state index contributed by atoms with van der Waals surface area (Å²) in [5.41, 5.74) is 48.3. The molecule has 0 aliphatic rings. The molecule has 8 aromatic carbocycles. The van der Waals surface area contributed by atoms with E-state index in [4.69, 9.17) is 78.0 Å². The van der Waals surface area contributed by atoms with E-state index in [9.17, 15) is 0 Å². The summed E-state index contributed by atoms with van der Waals surface area (Å²) in [6, 6.07) is 45.7. The largest absolute Gasteiger partial charge is 3.00 e. The Morgan fingerprint density at radius 1 is 0.213 bits per heavy atom. The van der Waals surface area contributed by atoms with Crippen LogP contribution < -0.4 is 11.7 Å². The van der Waals surface area contributed by atoms with Crippen molar-refractivity contribution in [2.75, 3.05) is 39.6 Å². The molecule has 0 fully saturated rings. The van der Waals surface area contributed by atoms with Gasteiger partial charge in [-0.15, -0.1) is 45.5 Å². The fourth-order valence-electron chi connectivity index (χ4n) is 16.1. The van der Waals surface area contributed by atoms with E-state index < -0.39 is 48.4 Å². The van der Waals surface area contributed by atoms with Gasteiger partial charge in [0.1, 0.15) is 0 Å². The monoisotopic (exact) mass is 2300 g/mol. The first-order chi connectivity index (χ1) is 64.1. The molecule has 0 aliphatic heterocycles. The number of ether oxygens (including phenoxy) is 3. The van der Waals surface area contributed by atoms with Crippen LogP contribution in [-0.4, -0.2) is 108 Å². The maximum Gasteiger partial charge on any atom is 3.00 e. The van der Waals surface area contributed by atoms with Crippen LogP contribution in [0.2, 0.25) is 0 Å². The van der Waals surface area contributed by atoms with Gasteiger partial charge in [-0.3, -0.25) is 0 Å². The molecule has 4 radical (unpaired) electrons. The van der Waals surface area contributed by atoms with Crippen molar-refractivity contribution in [2.24, 2.45) is 11.7 Å². The second-order valence-corrected chi connectivity index (χ2v) is 59.1. The number of aryl methyl sites for hydroxylation is 18. The third kappa shape index (κ3) is 67.8. The van der Waals surface area contributed by atoms with Crippen molar-refractivity contribution in [1.29, 1.82) is 21.6 Å². The normalized spacial score (nSPS) is 10.3. The number of hydrogen-bond acceptors (Lipinski definition) is 9. The average molecular weight is 2300 g/mol. The molecule has 17 nitrogen and oxygen atoms in total. The van der Waals surface area contributed by atoms with E-state index in [2.05, 4.69) is 374 Å². The number of hydrogen-bond donors (Lipinski definition) is 2. The van der Waals surface area contributed by atoms with Crippen LogP contribution in [0.3, 0.4) is 0 Å². The predicted molar refractivity (Wildman–Crippen MR) is 634 cm³/mol. The third-order valence-electron chi connectivity index (χ3n) is 21.4. The molecule has 0 unspecified atom stereocenters. The van der Waals surface area contributed by atoms with Crippen molar-refractivity contribution in [3.63, 3.8) is 0 Å². The SMILES string of the molecule is CCOCC.CCOCC.CCOCC.Cc1cc(C)c([N-][PH+](C(C)C)C(C)C)c(C)c1.Cc1cc(C)c([N-][PH+](C(C)C)C(C)C)c(C)c1.Cc1cc(C)c([N-][PH+](C(C)C)C(C)C)c(C)c1.Cc1cc(C)c([N-][PH+](C(C)C)C(C)C)c(C)c1.Cc1cc(C)c([N-][PH+](C(C)C)C(C)C)c(C)c1.Cc1cc(C)c([N-][PH+](C(C)C)C(C)C)c(C)c1.N#N.N#N.N[N-]c1ccccc1.N[N-]c1ccccc1.[Co+2].[Co+2].[Zr+3].[Zr+3]. The Hall–Kier alpha value is -3.84. The Bertz CT molecular complexity index is 3670. The van der Waals surface area contributed by atoms with Gasteiger partial charge in [0.05, 0.1) is 67.9 Å². The summed E-state index contributed by atoms with van der Waals surface area (Å²) in [5, 5.41) is 54.6. The first-order valence-corrected chi connectivity index (χ1v) is 59.7. The molecule has 0 aliphatic carbocycles. The molecule has 0 amide bonds.